The molecule has 2 aromatic heterocycles. The number of hydrogen-bond donors (Lipinski definition) is 0. The molecule has 29 heavy (non-hydrogen) atoms. The summed E-state index contributed by atoms with van der Waals surface area (Å²) in [5.74, 6) is 1.78. The van der Waals surface area contributed by atoms with Gasteiger partial charge in [-0.3, -0.25) is 13.9 Å². The van der Waals surface area contributed by atoms with Gasteiger partial charge in [-0.25, -0.2) is 4.79 Å². The van der Waals surface area contributed by atoms with Gasteiger partial charge in [0.1, 0.15) is 5.75 Å². The zero-order valence-corrected chi connectivity index (χ0v) is 17.0. The topological polar surface area (TPSA) is 74.3 Å². The highest BCUT2D eigenvalue weighted by Gasteiger charge is 2.29. The Morgan fingerprint density at radius 3 is 2.62 bits per heavy atom. The third-order valence-corrected chi connectivity index (χ3v) is 5.21. The van der Waals surface area contributed by atoms with Gasteiger partial charge in [-0.2, -0.15) is 4.98 Å². The van der Waals surface area contributed by atoms with Crippen molar-refractivity contribution in [1.82, 2.24) is 18.7 Å². The maximum Gasteiger partial charge on any atom is 0.332 e. The third kappa shape index (κ3) is 3.04. The second-order valence-electron chi connectivity index (χ2n) is 7.38. The van der Waals surface area contributed by atoms with Crippen LogP contribution in [-0.2, 0) is 20.1 Å². The lowest BCUT2D eigenvalue weighted by atomic mass is 10.1. The first-order valence-electron chi connectivity index (χ1n) is 9.77. The second kappa shape index (κ2) is 7.27. The summed E-state index contributed by atoms with van der Waals surface area (Å²) < 4.78 is 10.1. The Morgan fingerprint density at radius 2 is 1.97 bits per heavy atom. The Bertz CT molecular complexity index is 1190. The molecule has 3 heterocycles. The maximum absolute atomic E-state index is 13.1. The minimum atomic E-state index is -0.390. The smallest absolute Gasteiger partial charge is 0.332 e. The lowest BCUT2D eigenvalue weighted by Crippen LogP contribution is -2.40. The zero-order chi connectivity index (χ0) is 20.7. The fraction of sp³-hybridized carbons (Fsp3) is 0.381. The van der Waals surface area contributed by atoms with Gasteiger partial charge in [0.2, 0.25) is 5.95 Å². The van der Waals surface area contributed by atoms with Crippen LogP contribution in [0, 0.1) is 5.92 Å². The molecule has 3 aromatic rings. The normalized spacial score (nSPS) is 16.1. The summed E-state index contributed by atoms with van der Waals surface area (Å²) in [5.41, 5.74) is 1.10. The first kappa shape index (κ1) is 19.0. The summed E-state index contributed by atoms with van der Waals surface area (Å²) in [4.78, 5) is 32.5. The fourth-order valence-electron chi connectivity index (χ4n) is 3.90. The van der Waals surface area contributed by atoms with Crippen molar-refractivity contribution in [1.29, 1.82) is 0 Å². The molecule has 0 N–H and O–H groups in total. The van der Waals surface area contributed by atoms with E-state index in [1.165, 1.54) is 9.13 Å². The number of ether oxygens (including phenoxy) is 1. The Balaban J connectivity index is 1.92. The largest absolute Gasteiger partial charge is 0.494 e. The molecular weight excluding hydrogens is 370 g/mol. The third-order valence-electron chi connectivity index (χ3n) is 5.21. The van der Waals surface area contributed by atoms with Crippen LogP contribution in [0.3, 0.4) is 0 Å². The maximum atomic E-state index is 13.1. The number of imidazole rings is 1. The standard InChI is InChI=1S/C21H25N5O3/c1-5-11-24-19(27)17-18(23(4)21(24)28)22-20-25(12-14(3)13-26(17)20)15-7-9-16(10-8-15)29-6-2/h5,7-10,14H,1,6,11-13H2,2-4H3/t14-/m1/s1. The zero-order valence-electron chi connectivity index (χ0n) is 17.0. The van der Waals surface area contributed by atoms with Gasteiger partial charge >= 0.3 is 5.69 Å². The van der Waals surface area contributed by atoms with E-state index in [-0.39, 0.29) is 12.1 Å². The lowest BCUT2D eigenvalue weighted by molar-refractivity contribution is 0.340. The summed E-state index contributed by atoms with van der Waals surface area (Å²) >= 11 is 0. The van der Waals surface area contributed by atoms with Gasteiger partial charge in [0, 0.05) is 32.4 Å². The summed E-state index contributed by atoms with van der Waals surface area (Å²) in [6.45, 7) is 9.96. The van der Waals surface area contributed by atoms with Gasteiger partial charge < -0.3 is 14.2 Å². The molecule has 0 saturated carbocycles. The first-order valence-corrected chi connectivity index (χ1v) is 9.77. The van der Waals surface area contributed by atoms with Crippen molar-refractivity contribution >= 4 is 22.8 Å². The molecule has 1 aliphatic rings. The summed E-state index contributed by atoms with van der Waals surface area (Å²) in [6.07, 6.45) is 1.55. The Hall–Kier alpha value is -3.29. The fourth-order valence-corrected chi connectivity index (χ4v) is 3.90. The average Bonchev–Trinajstić information content (AvgIpc) is 3.09. The van der Waals surface area contributed by atoms with Crippen LogP contribution in [0.5, 0.6) is 5.75 Å². The molecule has 8 nitrogen and oxygen atoms in total. The van der Waals surface area contributed by atoms with E-state index in [0.29, 0.717) is 36.2 Å². The number of hydrogen-bond acceptors (Lipinski definition) is 5. The molecule has 4 rings (SSSR count). The van der Waals surface area contributed by atoms with E-state index in [4.69, 9.17) is 9.72 Å². The van der Waals surface area contributed by atoms with Gasteiger partial charge in [-0.15, -0.1) is 6.58 Å². The highest BCUT2D eigenvalue weighted by Crippen LogP contribution is 2.33. The van der Waals surface area contributed by atoms with Crippen LogP contribution in [-0.4, -0.2) is 31.8 Å². The van der Waals surface area contributed by atoms with E-state index in [9.17, 15) is 9.59 Å². The Labute approximate surface area is 168 Å². The summed E-state index contributed by atoms with van der Waals surface area (Å²) in [6, 6.07) is 7.83. The molecule has 0 spiro atoms. The number of aromatic nitrogens is 4. The predicted octanol–water partition coefficient (Wildman–Crippen LogP) is 2.27. The number of nitrogens with zero attached hydrogens (tertiary/aromatic N) is 5. The molecule has 0 aliphatic carbocycles. The highest BCUT2D eigenvalue weighted by molar-refractivity contribution is 5.77. The molecule has 152 valence electrons. The van der Waals surface area contributed by atoms with Crippen molar-refractivity contribution in [2.75, 3.05) is 18.1 Å². The van der Waals surface area contributed by atoms with E-state index in [2.05, 4.69) is 18.4 Å². The van der Waals surface area contributed by atoms with Gasteiger partial charge in [0.15, 0.2) is 11.2 Å². The predicted molar refractivity (Wildman–Crippen MR) is 113 cm³/mol. The second-order valence-corrected chi connectivity index (χ2v) is 7.38. The molecule has 0 amide bonds. The molecule has 0 unspecified atom stereocenters. The van der Waals surface area contributed by atoms with Crippen LogP contribution >= 0.6 is 0 Å². The van der Waals surface area contributed by atoms with E-state index >= 15 is 0 Å². The number of benzene rings is 1. The van der Waals surface area contributed by atoms with Crippen LogP contribution < -0.4 is 20.9 Å². The molecule has 0 radical (unpaired) electrons. The number of fused-ring (bicyclic) bond motifs is 3. The van der Waals surface area contributed by atoms with Crippen molar-refractivity contribution in [3.05, 3.63) is 57.8 Å². The van der Waals surface area contributed by atoms with Gasteiger partial charge in [0.25, 0.3) is 5.56 Å². The molecule has 0 saturated heterocycles. The van der Waals surface area contributed by atoms with Crippen molar-refractivity contribution in [2.24, 2.45) is 13.0 Å². The molecule has 8 heteroatoms. The van der Waals surface area contributed by atoms with E-state index in [1.54, 1.807) is 13.1 Å². The number of aryl methyl sites for hydroxylation is 1. The van der Waals surface area contributed by atoms with Crippen LogP contribution in [0.15, 0.2) is 46.5 Å². The molecule has 0 fully saturated rings. The molecule has 0 bridgehead atoms. The van der Waals surface area contributed by atoms with Crippen LogP contribution in [0.1, 0.15) is 13.8 Å². The van der Waals surface area contributed by atoms with E-state index < -0.39 is 5.69 Å². The lowest BCUT2D eigenvalue weighted by Gasteiger charge is -2.33. The summed E-state index contributed by atoms with van der Waals surface area (Å²) in [5, 5.41) is 0. The van der Waals surface area contributed by atoms with Crippen molar-refractivity contribution in [2.45, 2.75) is 26.9 Å². The van der Waals surface area contributed by atoms with Crippen molar-refractivity contribution in [3.8, 4) is 5.75 Å². The minimum Gasteiger partial charge on any atom is -0.494 e. The molecule has 1 aliphatic heterocycles. The molecular formula is C21H25N5O3. The van der Waals surface area contributed by atoms with E-state index in [0.717, 1.165) is 18.0 Å². The molecule has 1 atom stereocenters. The van der Waals surface area contributed by atoms with Crippen LogP contribution in [0.25, 0.3) is 11.2 Å². The monoisotopic (exact) mass is 395 g/mol. The van der Waals surface area contributed by atoms with E-state index in [1.807, 2.05) is 35.8 Å². The van der Waals surface area contributed by atoms with Gasteiger partial charge in [-0.1, -0.05) is 13.0 Å². The Morgan fingerprint density at radius 1 is 1.24 bits per heavy atom. The van der Waals surface area contributed by atoms with Crippen LogP contribution in [0.2, 0.25) is 0 Å². The van der Waals surface area contributed by atoms with Crippen molar-refractivity contribution < 1.29 is 4.74 Å². The highest BCUT2D eigenvalue weighted by atomic mass is 16.5. The van der Waals surface area contributed by atoms with Crippen LogP contribution in [0.4, 0.5) is 11.6 Å². The number of anilines is 2. The average molecular weight is 395 g/mol. The summed E-state index contributed by atoms with van der Waals surface area (Å²) in [7, 11) is 1.65. The van der Waals surface area contributed by atoms with Crippen molar-refractivity contribution in [3.63, 3.8) is 0 Å². The number of allylic oxidation sites excluding steroid dienone is 1. The minimum absolute atomic E-state index is 0.167. The van der Waals surface area contributed by atoms with Gasteiger partial charge in [0.05, 0.1) is 6.61 Å². The SMILES string of the molecule is C=CCn1c(=O)c2c(nc3n2C[C@H](C)CN3c2ccc(OCC)cc2)n(C)c1=O. The Kier molecular flexibility index (Phi) is 4.77. The first-order chi connectivity index (χ1) is 14.0. The van der Waals surface area contributed by atoms with Gasteiger partial charge in [-0.05, 0) is 37.1 Å². The quantitative estimate of drug-likeness (QED) is 0.620. The number of rotatable bonds is 5. The molecule has 1 aromatic carbocycles.